The van der Waals surface area contributed by atoms with Crippen molar-refractivity contribution in [1.82, 2.24) is 10.2 Å². The van der Waals surface area contributed by atoms with Crippen LogP contribution in [0.3, 0.4) is 0 Å². The van der Waals surface area contributed by atoms with E-state index in [-0.39, 0.29) is 5.91 Å². The van der Waals surface area contributed by atoms with Crippen molar-refractivity contribution in [3.05, 3.63) is 59.6 Å². The van der Waals surface area contributed by atoms with Crippen LogP contribution in [0.25, 0.3) is 0 Å². The number of ether oxygens (including phenoxy) is 2. The van der Waals surface area contributed by atoms with Gasteiger partial charge in [0.25, 0.3) is 5.91 Å². The summed E-state index contributed by atoms with van der Waals surface area (Å²) in [5.74, 6) is 0.555. The number of hydrogen-bond acceptors (Lipinski definition) is 7. The Hall–Kier alpha value is -2.42. The van der Waals surface area contributed by atoms with E-state index in [9.17, 15) is 4.79 Å². The van der Waals surface area contributed by atoms with Crippen LogP contribution in [0.2, 0.25) is 0 Å². The van der Waals surface area contributed by atoms with E-state index >= 15 is 0 Å². The number of carbonyl (C=O) groups excluding carboxylic acids is 1. The maximum atomic E-state index is 12.5. The quantitative estimate of drug-likeness (QED) is 0.609. The van der Waals surface area contributed by atoms with Crippen molar-refractivity contribution in [2.75, 3.05) is 12.4 Å². The molecule has 3 rings (SSSR count). The molecule has 0 fully saturated rings. The maximum absolute atomic E-state index is 12.5. The molecule has 1 unspecified atom stereocenters. The highest BCUT2D eigenvalue weighted by atomic mass is 32.2. The second kappa shape index (κ2) is 9.50. The molecule has 1 N–H and O–H groups in total. The second-order valence-corrected chi connectivity index (χ2v) is 7.72. The first-order chi connectivity index (χ1) is 13.2. The summed E-state index contributed by atoms with van der Waals surface area (Å²) in [6, 6.07) is 15.2. The first-order valence-electron chi connectivity index (χ1n) is 8.24. The molecule has 140 valence electrons. The zero-order chi connectivity index (χ0) is 19.1. The van der Waals surface area contributed by atoms with E-state index in [4.69, 9.17) is 9.47 Å². The fourth-order valence-corrected chi connectivity index (χ4v) is 3.78. The standard InChI is InChI=1S/C19H19N3O3S2/c1-13(25-11-14-6-5-7-15(10-14)24-2)18(23)21-16-8-3-4-9-17(16)27-19-22-20-12-26-19/h3-10,12-13H,11H2,1-2H3,(H,21,23). The lowest BCUT2D eigenvalue weighted by molar-refractivity contribution is -0.127. The first kappa shape index (κ1) is 19.3. The van der Waals surface area contributed by atoms with Crippen molar-refractivity contribution >= 4 is 34.7 Å². The van der Waals surface area contributed by atoms with Gasteiger partial charge in [-0.25, -0.2) is 0 Å². The lowest BCUT2D eigenvalue weighted by atomic mass is 10.2. The lowest BCUT2D eigenvalue weighted by Gasteiger charge is -2.15. The number of hydrogen-bond donors (Lipinski definition) is 1. The van der Waals surface area contributed by atoms with Gasteiger partial charge in [0, 0.05) is 4.90 Å². The van der Waals surface area contributed by atoms with E-state index in [2.05, 4.69) is 15.5 Å². The molecule has 6 nitrogen and oxygen atoms in total. The Morgan fingerprint density at radius 2 is 2.11 bits per heavy atom. The third-order valence-corrected chi connectivity index (χ3v) is 5.54. The fraction of sp³-hybridized carbons (Fsp3) is 0.211. The number of para-hydroxylation sites is 1. The van der Waals surface area contributed by atoms with E-state index < -0.39 is 6.10 Å². The van der Waals surface area contributed by atoms with Gasteiger partial charge in [0.1, 0.15) is 17.4 Å². The molecule has 1 amide bonds. The molecule has 0 spiro atoms. The van der Waals surface area contributed by atoms with Gasteiger partial charge < -0.3 is 14.8 Å². The summed E-state index contributed by atoms with van der Waals surface area (Å²) in [5.41, 5.74) is 3.35. The zero-order valence-corrected chi connectivity index (χ0v) is 16.5. The number of rotatable bonds is 8. The molecule has 8 heteroatoms. The summed E-state index contributed by atoms with van der Waals surface area (Å²) in [4.78, 5) is 13.4. The summed E-state index contributed by atoms with van der Waals surface area (Å²) in [6.07, 6.45) is -0.601. The summed E-state index contributed by atoms with van der Waals surface area (Å²) in [5, 5.41) is 10.8. The largest absolute Gasteiger partial charge is 0.497 e. The van der Waals surface area contributed by atoms with E-state index in [1.165, 1.54) is 23.1 Å². The lowest BCUT2D eigenvalue weighted by Crippen LogP contribution is -2.27. The van der Waals surface area contributed by atoms with Crippen LogP contribution in [0.15, 0.2) is 63.3 Å². The predicted octanol–water partition coefficient (Wildman–Crippen LogP) is 4.24. The molecule has 0 radical (unpaired) electrons. The third kappa shape index (κ3) is 5.53. The predicted molar refractivity (Wildman–Crippen MR) is 106 cm³/mol. The van der Waals surface area contributed by atoms with Gasteiger partial charge in [0.15, 0.2) is 4.34 Å². The van der Waals surface area contributed by atoms with Crippen molar-refractivity contribution in [2.24, 2.45) is 0 Å². The maximum Gasteiger partial charge on any atom is 0.253 e. The van der Waals surface area contributed by atoms with Crippen LogP contribution in [-0.4, -0.2) is 29.3 Å². The van der Waals surface area contributed by atoms with Gasteiger partial charge >= 0.3 is 0 Å². The fourth-order valence-electron chi connectivity index (χ4n) is 2.25. The average molecular weight is 402 g/mol. The van der Waals surface area contributed by atoms with Crippen LogP contribution >= 0.6 is 23.1 Å². The normalized spacial score (nSPS) is 11.8. The molecule has 1 atom stereocenters. The molecule has 0 saturated carbocycles. The minimum absolute atomic E-state index is 0.205. The molecular formula is C19H19N3O3S2. The van der Waals surface area contributed by atoms with Gasteiger partial charge in [-0.15, -0.1) is 10.2 Å². The highest BCUT2D eigenvalue weighted by molar-refractivity contribution is 8.01. The van der Waals surface area contributed by atoms with Crippen LogP contribution in [0.5, 0.6) is 5.75 Å². The number of amides is 1. The van der Waals surface area contributed by atoms with Crippen LogP contribution in [0, 0.1) is 0 Å². The smallest absolute Gasteiger partial charge is 0.253 e. The molecule has 3 aromatic rings. The van der Waals surface area contributed by atoms with Crippen LogP contribution < -0.4 is 10.1 Å². The Morgan fingerprint density at radius 3 is 2.89 bits per heavy atom. The summed E-state index contributed by atoms with van der Waals surface area (Å²) in [7, 11) is 1.62. The van der Waals surface area contributed by atoms with E-state index in [0.29, 0.717) is 6.61 Å². The Morgan fingerprint density at radius 1 is 1.26 bits per heavy atom. The Balaban J connectivity index is 1.59. The van der Waals surface area contributed by atoms with Gasteiger partial charge in [0.2, 0.25) is 0 Å². The number of methoxy groups -OCH3 is 1. The minimum Gasteiger partial charge on any atom is -0.497 e. The minimum atomic E-state index is -0.601. The Labute approximate surface area is 165 Å². The number of carbonyl (C=O) groups is 1. The van der Waals surface area contributed by atoms with Gasteiger partial charge in [-0.05, 0) is 36.8 Å². The SMILES string of the molecule is COc1cccc(COC(C)C(=O)Nc2ccccc2Sc2nncs2)c1. The van der Waals surface area contributed by atoms with Crippen LogP contribution in [-0.2, 0) is 16.1 Å². The van der Waals surface area contributed by atoms with Crippen molar-refractivity contribution in [3.8, 4) is 5.75 Å². The second-order valence-electron chi connectivity index (χ2n) is 5.60. The monoisotopic (exact) mass is 401 g/mol. The highest BCUT2D eigenvalue weighted by Gasteiger charge is 2.16. The van der Waals surface area contributed by atoms with Crippen molar-refractivity contribution < 1.29 is 14.3 Å². The molecule has 0 aliphatic carbocycles. The van der Waals surface area contributed by atoms with Gasteiger partial charge in [-0.3, -0.25) is 4.79 Å². The molecule has 2 aromatic carbocycles. The zero-order valence-electron chi connectivity index (χ0n) is 14.9. The summed E-state index contributed by atoms with van der Waals surface area (Å²) >= 11 is 2.92. The van der Waals surface area contributed by atoms with E-state index in [1.807, 2.05) is 48.5 Å². The average Bonchev–Trinajstić information content (AvgIpc) is 3.21. The number of anilines is 1. The topological polar surface area (TPSA) is 73.3 Å². The van der Waals surface area contributed by atoms with Gasteiger partial charge in [-0.2, -0.15) is 0 Å². The highest BCUT2D eigenvalue weighted by Crippen LogP contribution is 2.34. The molecule has 1 heterocycles. The summed E-state index contributed by atoms with van der Waals surface area (Å²) < 4.78 is 11.7. The van der Waals surface area contributed by atoms with Crippen molar-refractivity contribution in [2.45, 2.75) is 28.9 Å². The van der Waals surface area contributed by atoms with Crippen LogP contribution in [0.1, 0.15) is 12.5 Å². The first-order valence-corrected chi connectivity index (χ1v) is 9.94. The molecule has 0 aliphatic rings. The molecule has 0 aliphatic heterocycles. The van der Waals surface area contributed by atoms with Crippen molar-refractivity contribution in [1.29, 1.82) is 0 Å². The third-order valence-electron chi connectivity index (χ3n) is 3.69. The molecule has 0 bridgehead atoms. The van der Waals surface area contributed by atoms with E-state index in [0.717, 1.165) is 26.2 Å². The van der Waals surface area contributed by atoms with E-state index in [1.54, 1.807) is 19.5 Å². The molecule has 0 saturated heterocycles. The Kier molecular flexibility index (Phi) is 6.80. The number of nitrogens with zero attached hydrogens (tertiary/aromatic N) is 2. The molecule has 27 heavy (non-hydrogen) atoms. The van der Waals surface area contributed by atoms with Gasteiger partial charge in [0.05, 0.1) is 19.4 Å². The summed E-state index contributed by atoms with van der Waals surface area (Å²) in [6.45, 7) is 2.06. The van der Waals surface area contributed by atoms with Crippen molar-refractivity contribution in [3.63, 3.8) is 0 Å². The molecular weight excluding hydrogens is 382 g/mol. The molecule has 1 aromatic heterocycles. The Bertz CT molecular complexity index is 887. The van der Waals surface area contributed by atoms with Gasteiger partial charge in [-0.1, -0.05) is 47.4 Å². The number of benzene rings is 2. The number of aromatic nitrogens is 2. The van der Waals surface area contributed by atoms with Crippen LogP contribution in [0.4, 0.5) is 5.69 Å². The number of nitrogens with one attached hydrogen (secondary N) is 1.